The van der Waals surface area contributed by atoms with Crippen molar-refractivity contribution in [3.8, 4) is 0 Å². The van der Waals surface area contributed by atoms with Crippen molar-refractivity contribution in [1.29, 1.82) is 0 Å². The predicted octanol–water partition coefficient (Wildman–Crippen LogP) is 2.52. The molecule has 1 aliphatic heterocycles. The quantitative estimate of drug-likeness (QED) is 0.906. The molecule has 2 heterocycles. The molecule has 0 aliphatic carbocycles. The minimum Gasteiger partial charge on any atom is -0.469 e. The highest BCUT2D eigenvalue weighted by molar-refractivity contribution is 7.91. The molecule has 134 valence electrons. The van der Waals surface area contributed by atoms with Gasteiger partial charge in [-0.25, -0.2) is 13.2 Å². The van der Waals surface area contributed by atoms with Gasteiger partial charge in [-0.2, -0.15) is 0 Å². The second-order valence-electron chi connectivity index (χ2n) is 6.31. The average molecular weight is 362 g/mol. The zero-order valence-corrected chi connectivity index (χ0v) is 15.0. The Balaban J connectivity index is 1.68. The van der Waals surface area contributed by atoms with Gasteiger partial charge in [-0.3, -0.25) is 0 Å². The summed E-state index contributed by atoms with van der Waals surface area (Å²) >= 11 is 0. The molecule has 0 spiro atoms. The maximum Gasteiger partial charge on any atom is 0.317 e. The number of hydrogen-bond acceptors (Lipinski definition) is 4. The standard InChI is InChI=1S/C18H22N2O4S/c1-25(22,23)17(14-6-3-2-4-7-14)12-19-18(21)20-10-5-8-16-15(13-20)9-11-24-16/h2-4,6-7,9,11,17H,5,8,10,12-13H2,1H3,(H,19,21). The average Bonchev–Trinajstić information content (AvgIpc) is 2.91. The number of nitrogens with zero attached hydrogens (tertiary/aromatic N) is 1. The maximum absolute atomic E-state index is 12.5. The van der Waals surface area contributed by atoms with Crippen LogP contribution in [0.15, 0.2) is 47.1 Å². The molecule has 2 aromatic rings. The Morgan fingerprint density at radius 1 is 1.28 bits per heavy atom. The highest BCUT2D eigenvalue weighted by atomic mass is 32.2. The number of urea groups is 1. The van der Waals surface area contributed by atoms with E-state index in [-0.39, 0.29) is 12.6 Å². The van der Waals surface area contributed by atoms with Crippen molar-refractivity contribution < 1.29 is 17.6 Å². The molecule has 0 fully saturated rings. The van der Waals surface area contributed by atoms with Crippen LogP contribution < -0.4 is 5.32 Å². The van der Waals surface area contributed by atoms with Gasteiger partial charge in [-0.1, -0.05) is 30.3 Å². The molecule has 25 heavy (non-hydrogen) atoms. The molecule has 1 unspecified atom stereocenters. The minimum absolute atomic E-state index is 0.0520. The van der Waals surface area contributed by atoms with E-state index in [9.17, 15) is 13.2 Å². The second-order valence-corrected chi connectivity index (χ2v) is 8.54. The van der Waals surface area contributed by atoms with Gasteiger partial charge in [0.05, 0.1) is 12.8 Å². The number of benzene rings is 1. The third kappa shape index (κ3) is 4.22. The Labute approximate surface area is 147 Å². The zero-order valence-electron chi connectivity index (χ0n) is 14.1. The van der Waals surface area contributed by atoms with Crippen LogP contribution in [0.25, 0.3) is 0 Å². The minimum atomic E-state index is -3.34. The normalized spacial score (nSPS) is 16.0. The van der Waals surface area contributed by atoms with Crippen molar-refractivity contribution in [1.82, 2.24) is 10.2 Å². The largest absolute Gasteiger partial charge is 0.469 e. The molecule has 3 rings (SSSR count). The van der Waals surface area contributed by atoms with E-state index in [1.54, 1.807) is 35.4 Å². The fraction of sp³-hybridized carbons (Fsp3) is 0.389. The highest BCUT2D eigenvalue weighted by Gasteiger charge is 2.25. The molecule has 2 amide bonds. The number of nitrogens with one attached hydrogen (secondary N) is 1. The SMILES string of the molecule is CS(=O)(=O)C(CNC(=O)N1CCCc2occc2C1)c1ccccc1. The number of amides is 2. The Hall–Kier alpha value is -2.28. The van der Waals surface area contributed by atoms with Crippen molar-refractivity contribution in [3.05, 3.63) is 59.5 Å². The van der Waals surface area contributed by atoms with Crippen LogP contribution in [0.5, 0.6) is 0 Å². The molecule has 0 saturated carbocycles. The molecular formula is C18H22N2O4S. The highest BCUT2D eigenvalue weighted by Crippen LogP contribution is 2.22. The number of aryl methyl sites for hydroxylation is 1. The van der Waals surface area contributed by atoms with E-state index < -0.39 is 15.1 Å². The summed E-state index contributed by atoms with van der Waals surface area (Å²) in [6.07, 6.45) is 4.46. The summed E-state index contributed by atoms with van der Waals surface area (Å²) < 4.78 is 29.7. The summed E-state index contributed by atoms with van der Waals surface area (Å²) in [5.41, 5.74) is 1.69. The third-order valence-electron chi connectivity index (χ3n) is 4.44. The molecule has 7 heteroatoms. The maximum atomic E-state index is 12.5. The van der Waals surface area contributed by atoms with Crippen molar-refractivity contribution in [3.63, 3.8) is 0 Å². The zero-order chi connectivity index (χ0) is 17.9. The van der Waals surface area contributed by atoms with Crippen LogP contribution in [0.3, 0.4) is 0 Å². The molecule has 1 aliphatic rings. The van der Waals surface area contributed by atoms with Crippen LogP contribution in [0.4, 0.5) is 4.79 Å². The van der Waals surface area contributed by atoms with E-state index >= 15 is 0 Å². The van der Waals surface area contributed by atoms with Gasteiger partial charge >= 0.3 is 6.03 Å². The van der Waals surface area contributed by atoms with E-state index in [0.717, 1.165) is 24.2 Å². The Morgan fingerprint density at radius 3 is 2.76 bits per heavy atom. The van der Waals surface area contributed by atoms with Gasteiger partial charge in [0.25, 0.3) is 0 Å². The van der Waals surface area contributed by atoms with Crippen molar-refractivity contribution in [2.75, 3.05) is 19.3 Å². The van der Waals surface area contributed by atoms with Gasteiger partial charge in [-0.15, -0.1) is 0 Å². The van der Waals surface area contributed by atoms with Crippen LogP contribution in [0.2, 0.25) is 0 Å². The van der Waals surface area contributed by atoms with Crippen LogP contribution in [-0.2, 0) is 22.8 Å². The summed E-state index contributed by atoms with van der Waals surface area (Å²) in [5.74, 6) is 0.925. The van der Waals surface area contributed by atoms with Gasteiger partial charge in [-0.05, 0) is 18.1 Å². The Morgan fingerprint density at radius 2 is 2.04 bits per heavy atom. The Kier molecular flexibility index (Phi) is 5.13. The van der Waals surface area contributed by atoms with Crippen LogP contribution in [0.1, 0.15) is 28.6 Å². The second kappa shape index (κ2) is 7.31. The first-order valence-corrected chi connectivity index (χ1v) is 10.2. The van der Waals surface area contributed by atoms with Crippen molar-refractivity contribution in [2.45, 2.75) is 24.6 Å². The summed E-state index contributed by atoms with van der Waals surface area (Å²) in [6, 6.07) is 10.6. The smallest absolute Gasteiger partial charge is 0.317 e. The van der Waals surface area contributed by atoms with Crippen molar-refractivity contribution >= 4 is 15.9 Å². The summed E-state index contributed by atoms with van der Waals surface area (Å²) in [7, 11) is -3.34. The van der Waals surface area contributed by atoms with Crippen molar-refractivity contribution in [2.24, 2.45) is 0 Å². The number of carbonyl (C=O) groups excluding carboxylic acids is 1. The molecule has 6 nitrogen and oxygen atoms in total. The fourth-order valence-corrected chi connectivity index (χ4v) is 4.13. The lowest BCUT2D eigenvalue weighted by Gasteiger charge is -2.23. The lowest BCUT2D eigenvalue weighted by Crippen LogP contribution is -2.42. The van der Waals surface area contributed by atoms with Gasteiger partial charge in [0.15, 0.2) is 9.84 Å². The summed E-state index contributed by atoms with van der Waals surface area (Å²) in [5, 5.41) is 2.03. The third-order valence-corrected chi connectivity index (χ3v) is 5.92. The molecule has 1 aromatic heterocycles. The number of carbonyl (C=O) groups is 1. The summed E-state index contributed by atoms with van der Waals surface area (Å²) in [6.45, 7) is 1.15. The van der Waals surface area contributed by atoms with E-state index in [4.69, 9.17) is 4.42 Å². The molecule has 1 aromatic carbocycles. The molecule has 1 N–H and O–H groups in total. The van der Waals surface area contributed by atoms with E-state index in [1.807, 2.05) is 12.1 Å². The van der Waals surface area contributed by atoms with E-state index in [1.165, 1.54) is 6.26 Å². The lowest BCUT2D eigenvalue weighted by atomic mass is 10.1. The molecule has 1 atom stereocenters. The van der Waals surface area contributed by atoms with Crippen LogP contribution >= 0.6 is 0 Å². The Bertz CT molecular complexity index is 830. The number of furan rings is 1. The van der Waals surface area contributed by atoms with Crippen LogP contribution in [-0.4, -0.2) is 38.7 Å². The predicted molar refractivity (Wildman–Crippen MR) is 94.9 cm³/mol. The number of fused-ring (bicyclic) bond motifs is 1. The van der Waals surface area contributed by atoms with E-state index in [0.29, 0.717) is 18.7 Å². The van der Waals surface area contributed by atoms with Crippen LogP contribution in [0, 0.1) is 0 Å². The molecular weight excluding hydrogens is 340 g/mol. The lowest BCUT2D eigenvalue weighted by molar-refractivity contribution is 0.196. The van der Waals surface area contributed by atoms with Gasteiger partial charge < -0.3 is 14.6 Å². The first-order valence-electron chi connectivity index (χ1n) is 8.27. The molecule has 0 radical (unpaired) electrons. The fourth-order valence-electron chi connectivity index (χ4n) is 3.09. The molecule has 0 bridgehead atoms. The van der Waals surface area contributed by atoms with Gasteiger partial charge in [0.1, 0.15) is 11.0 Å². The number of hydrogen-bond donors (Lipinski definition) is 1. The monoisotopic (exact) mass is 362 g/mol. The summed E-state index contributed by atoms with van der Waals surface area (Å²) in [4.78, 5) is 14.2. The first kappa shape index (κ1) is 17.5. The molecule has 0 saturated heterocycles. The number of rotatable bonds is 4. The first-order chi connectivity index (χ1) is 11.9. The topological polar surface area (TPSA) is 79.6 Å². The van der Waals surface area contributed by atoms with Gasteiger partial charge in [0, 0.05) is 31.3 Å². The van der Waals surface area contributed by atoms with E-state index in [2.05, 4.69) is 5.32 Å². The van der Waals surface area contributed by atoms with Gasteiger partial charge in [0.2, 0.25) is 0 Å². The number of sulfone groups is 1.